The van der Waals surface area contributed by atoms with E-state index in [-0.39, 0.29) is 23.5 Å². The van der Waals surface area contributed by atoms with Gasteiger partial charge in [-0.15, -0.1) is 11.3 Å². The van der Waals surface area contributed by atoms with Gasteiger partial charge in [0.25, 0.3) is 0 Å². The highest BCUT2D eigenvalue weighted by molar-refractivity contribution is 7.13. The van der Waals surface area contributed by atoms with Crippen LogP contribution in [0.3, 0.4) is 0 Å². The van der Waals surface area contributed by atoms with Gasteiger partial charge in [0.1, 0.15) is 9.88 Å². The molecule has 0 atom stereocenters. The van der Waals surface area contributed by atoms with Crippen molar-refractivity contribution < 1.29 is 14.7 Å². The van der Waals surface area contributed by atoms with Crippen LogP contribution in [-0.4, -0.2) is 39.6 Å². The zero-order valence-corrected chi connectivity index (χ0v) is 14.0. The Labute approximate surface area is 129 Å². The lowest BCUT2D eigenvalue weighted by Gasteiger charge is -2.28. The average Bonchev–Trinajstić information content (AvgIpc) is 2.74. The molecule has 0 spiro atoms. The van der Waals surface area contributed by atoms with Crippen LogP contribution in [0.1, 0.15) is 48.1 Å². The number of thiazole rings is 1. The number of carbonyl (C=O) groups is 2. The fraction of sp³-hybridized carbons (Fsp3) is 0.643. The van der Waals surface area contributed by atoms with Gasteiger partial charge in [0, 0.05) is 12.6 Å². The Balaban J connectivity index is 2.66. The van der Waals surface area contributed by atoms with Crippen molar-refractivity contribution in [2.45, 2.75) is 47.2 Å². The van der Waals surface area contributed by atoms with E-state index < -0.39 is 5.97 Å². The van der Waals surface area contributed by atoms with E-state index in [0.29, 0.717) is 23.2 Å². The van der Waals surface area contributed by atoms with Crippen molar-refractivity contribution in [1.82, 2.24) is 15.2 Å². The highest BCUT2D eigenvalue weighted by Gasteiger charge is 2.19. The van der Waals surface area contributed by atoms with Gasteiger partial charge in [-0.2, -0.15) is 0 Å². The molecule has 1 aromatic rings. The predicted molar refractivity (Wildman–Crippen MR) is 82.7 cm³/mol. The molecule has 0 bridgehead atoms. The van der Waals surface area contributed by atoms with Gasteiger partial charge in [-0.1, -0.05) is 13.8 Å². The molecule has 2 N–H and O–H groups in total. The number of hydrogen-bond acceptors (Lipinski definition) is 4. The van der Waals surface area contributed by atoms with E-state index in [1.54, 1.807) is 11.8 Å². The van der Waals surface area contributed by atoms with E-state index in [4.69, 9.17) is 5.11 Å². The Morgan fingerprint density at radius 1 is 1.33 bits per heavy atom. The second-order valence-electron chi connectivity index (χ2n) is 5.63. The number of aromatic nitrogens is 1. The summed E-state index contributed by atoms with van der Waals surface area (Å²) in [6, 6.07) is -0.0385. The van der Waals surface area contributed by atoms with Crippen LogP contribution in [-0.2, 0) is 6.54 Å². The maximum atomic E-state index is 12.2. The van der Waals surface area contributed by atoms with Crippen molar-refractivity contribution >= 4 is 23.3 Å². The van der Waals surface area contributed by atoms with Crippen LogP contribution in [0.25, 0.3) is 0 Å². The van der Waals surface area contributed by atoms with Crippen molar-refractivity contribution in [3.05, 3.63) is 15.6 Å². The number of carboxylic acids is 1. The van der Waals surface area contributed by atoms with Crippen molar-refractivity contribution in [3.8, 4) is 0 Å². The minimum atomic E-state index is -0.980. The van der Waals surface area contributed by atoms with Crippen LogP contribution in [0.15, 0.2) is 0 Å². The summed E-state index contributed by atoms with van der Waals surface area (Å²) in [5.74, 6) is -0.593. The molecule has 1 rings (SSSR count). The molecule has 1 heterocycles. The summed E-state index contributed by atoms with van der Waals surface area (Å²) in [4.78, 5) is 29.3. The second-order valence-corrected chi connectivity index (χ2v) is 6.71. The molecule has 0 aliphatic carbocycles. The van der Waals surface area contributed by atoms with Gasteiger partial charge < -0.3 is 15.3 Å². The van der Waals surface area contributed by atoms with E-state index >= 15 is 0 Å². The Kier molecular flexibility index (Phi) is 6.14. The molecule has 21 heavy (non-hydrogen) atoms. The molecule has 0 aliphatic rings. The monoisotopic (exact) mass is 313 g/mol. The van der Waals surface area contributed by atoms with Gasteiger partial charge >= 0.3 is 12.0 Å². The lowest BCUT2D eigenvalue weighted by molar-refractivity contribution is 0.0701. The Morgan fingerprint density at radius 3 is 2.38 bits per heavy atom. The molecule has 6 nitrogen and oxygen atoms in total. The topological polar surface area (TPSA) is 82.5 Å². The number of urea groups is 1. The summed E-state index contributed by atoms with van der Waals surface area (Å²) in [7, 11) is 0. The third-order valence-corrected chi connectivity index (χ3v) is 4.02. The van der Waals surface area contributed by atoms with Gasteiger partial charge in [-0.25, -0.2) is 14.6 Å². The SMILES string of the molecule is Cc1nc(CNC(=O)N(CC(C)C)C(C)C)sc1C(=O)O. The van der Waals surface area contributed by atoms with E-state index in [1.807, 2.05) is 13.8 Å². The molecule has 0 fully saturated rings. The summed E-state index contributed by atoms with van der Waals surface area (Å²) in [5.41, 5.74) is 0.486. The van der Waals surface area contributed by atoms with Gasteiger partial charge in [-0.05, 0) is 26.7 Å². The summed E-state index contributed by atoms with van der Waals surface area (Å²) in [6.07, 6.45) is 0. The van der Waals surface area contributed by atoms with E-state index in [2.05, 4.69) is 24.1 Å². The quantitative estimate of drug-likeness (QED) is 0.846. The number of carbonyl (C=O) groups excluding carboxylic acids is 1. The largest absolute Gasteiger partial charge is 0.477 e. The molecule has 0 aromatic carbocycles. The Bertz CT molecular complexity index is 512. The fourth-order valence-electron chi connectivity index (χ4n) is 1.90. The van der Waals surface area contributed by atoms with Crippen molar-refractivity contribution in [2.24, 2.45) is 5.92 Å². The number of aromatic carboxylic acids is 1. The van der Waals surface area contributed by atoms with Crippen LogP contribution in [0.5, 0.6) is 0 Å². The maximum Gasteiger partial charge on any atom is 0.347 e. The smallest absolute Gasteiger partial charge is 0.347 e. The molecule has 0 saturated carbocycles. The zero-order valence-electron chi connectivity index (χ0n) is 13.1. The Morgan fingerprint density at radius 2 is 1.95 bits per heavy atom. The minimum absolute atomic E-state index is 0.111. The van der Waals surface area contributed by atoms with Crippen LogP contribution < -0.4 is 5.32 Å². The number of nitrogens with one attached hydrogen (secondary N) is 1. The van der Waals surface area contributed by atoms with Crippen LogP contribution in [0, 0.1) is 12.8 Å². The summed E-state index contributed by atoms with van der Waals surface area (Å²) < 4.78 is 0. The summed E-state index contributed by atoms with van der Waals surface area (Å²) >= 11 is 1.10. The lowest BCUT2D eigenvalue weighted by Crippen LogP contribution is -2.45. The number of hydrogen-bond donors (Lipinski definition) is 2. The van der Waals surface area contributed by atoms with Gasteiger partial charge in [0.2, 0.25) is 0 Å². The maximum absolute atomic E-state index is 12.2. The van der Waals surface area contributed by atoms with Crippen molar-refractivity contribution in [3.63, 3.8) is 0 Å². The van der Waals surface area contributed by atoms with Crippen molar-refractivity contribution in [2.75, 3.05) is 6.54 Å². The fourth-order valence-corrected chi connectivity index (χ4v) is 2.74. The number of rotatable bonds is 6. The second kappa shape index (κ2) is 7.40. The molecule has 7 heteroatoms. The standard InChI is InChI=1S/C14H23N3O3S/c1-8(2)7-17(9(3)4)14(20)15-6-11-16-10(5)12(21-11)13(18)19/h8-9H,6-7H2,1-5H3,(H,15,20)(H,18,19). The van der Waals surface area contributed by atoms with Crippen molar-refractivity contribution in [1.29, 1.82) is 0 Å². The van der Waals surface area contributed by atoms with E-state index in [9.17, 15) is 9.59 Å². The molecular formula is C14H23N3O3S. The normalized spacial score (nSPS) is 11.0. The molecule has 0 radical (unpaired) electrons. The van der Waals surface area contributed by atoms with Crippen LogP contribution in [0.4, 0.5) is 4.79 Å². The van der Waals surface area contributed by atoms with E-state index in [0.717, 1.165) is 11.3 Å². The third kappa shape index (κ3) is 5.00. The number of nitrogens with zero attached hydrogens (tertiary/aromatic N) is 2. The molecule has 0 unspecified atom stereocenters. The van der Waals surface area contributed by atoms with Crippen LogP contribution >= 0.6 is 11.3 Å². The molecule has 0 saturated heterocycles. The zero-order chi connectivity index (χ0) is 16.2. The highest BCUT2D eigenvalue weighted by Crippen LogP contribution is 2.17. The first kappa shape index (κ1) is 17.4. The predicted octanol–water partition coefficient (Wildman–Crippen LogP) is 2.73. The highest BCUT2D eigenvalue weighted by atomic mass is 32.1. The average molecular weight is 313 g/mol. The number of carboxylic acid groups (broad SMARTS) is 1. The summed E-state index contributed by atoms with van der Waals surface area (Å²) in [5, 5.41) is 12.4. The first-order valence-electron chi connectivity index (χ1n) is 6.96. The van der Waals surface area contributed by atoms with Crippen LogP contribution in [0.2, 0.25) is 0 Å². The third-order valence-electron chi connectivity index (χ3n) is 2.87. The molecule has 0 aliphatic heterocycles. The van der Waals surface area contributed by atoms with Gasteiger partial charge in [0.05, 0.1) is 12.2 Å². The first-order valence-corrected chi connectivity index (χ1v) is 7.78. The molecule has 1 aromatic heterocycles. The Hall–Kier alpha value is -1.63. The van der Waals surface area contributed by atoms with Gasteiger partial charge in [0.15, 0.2) is 0 Å². The van der Waals surface area contributed by atoms with Gasteiger partial charge in [-0.3, -0.25) is 0 Å². The first-order chi connectivity index (χ1) is 9.72. The molecule has 118 valence electrons. The number of amides is 2. The number of aryl methyl sites for hydroxylation is 1. The molecule has 2 amide bonds. The lowest BCUT2D eigenvalue weighted by atomic mass is 10.2. The minimum Gasteiger partial charge on any atom is -0.477 e. The summed E-state index contributed by atoms with van der Waals surface area (Å²) in [6.45, 7) is 10.7. The van der Waals surface area contributed by atoms with E-state index in [1.165, 1.54) is 0 Å². The molecular weight excluding hydrogens is 290 g/mol.